The van der Waals surface area contributed by atoms with Gasteiger partial charge >= 0.3 is 0 Å². The molecule has 0 aliphatic carbocycles. The molecular formula is C20H15BrFNO4. The van der Waals surface area contributed by atoms with Crippen molar-refractivity contribution in [2.24, 2.45) is 0 Å². The van der Waals surface area contributed by atoms with E-state index in [1.165, 1.54) is 12.1 Å². The first kappa shape index (κ1) is 17.9. The van der Waals surface area contributed by atoms with Crippen LogP contribution in [0.15, 0.2) is 56.1 Å². The highest BCUT2D eigenvalue weighted by Gasteiger charge is 2.42. The second kappa shape index (κ2) is 6.90. The van der Waals surface area contributed by atoms with Gasteiger partial charge in [0.2, 0.25) is 5.76 Å². The molecule has 1 atom stereocenters. The Hall–Kier alpha value is -2.51. The SMILES string of the molecule is COCCN1C(=O)c2oc3ccc(F)cc3c(=O)c2C1c1ccc(Br)cc1. The lowest BCUT2D eigenvalue weighted by atomic mass is 9.98. The van der Waals surface area contributed by atoms with Crippen molar-refractivity contribution in [2.45, 2.75) is 6.04 Å². The number of ether oxygens (including phenoxy) is 1. The quantitative estimate of drug-likeness (QED) is 0.628. The molecule has 2 aromatic carbocycles. The highest BCUT2D eigenvalue weighted by molar-refractivity contribution is 9.10. The molecule has 1 amide bonds. The smallest absolute Gasteiger partial charge is 0.290 e. The van der Waals surface area contributed by atoms with Crippen LogP contribution in [0.1, 0.15) is 27.7 Å². The second-order valence-corrected chi connectivity index (χ2v) is 7.18. The molecule has 1 aromatic heterocycles. The minimum absolute atomic E-state index is 0.00290. The highest BCUT2D eigenvalue weighted by Crippen LogP contribution is 2.38. The molecule has 0 spiro atoms. The largest absolute Gasteiger partial charge is 0.450 e. The Morgan fingerprint density at radius 1 is 1.19 bits per heavy atom. The average molecular weight is 432 g/mol. The van der Waals surface area contributed by atoms with Crippen LogP contribution in [-0.4, -0.2) is 31.1 Å². The van der Waals surface area contributed by atoms with E-state index in [0.29, 0.717) is 13.2 Å². The van der Waals surface area contributed by atoms with Gasteiger partial charge in [-0.25, -0.2) is 4.39 Å². The molecule has 4 rings (SSSR count). The van der Waals surface area contributed by atoms with Gasteiger partial charge in [-0.15, -0.1) is 0 Å². The molecule has 0 N–H and O–H groups in total. The van der Waals surface area contributed by atoms with Crippen LogP contribution >= 0.6 is 15.9 Å². The van der Waals surface area contributed by atoms with Gasteiger partial charge in [-0.3, -0.25) is 9.59 Å². The summed E-state index contributed by atoms with van der Waals surface area (Å²) in [5.41, 5.74) is 0.796. The number of hydrogen-bond donors (Lipinski definition) is 0. The molecule has 1 unspecified atom stereocenters. The van der Waals surface area contributed by atoms with Gasteiger partial charge in [0.1, 0.15) is 11.4 Å². The Labute approximate surface area is 162 Å². The van der Waals surface area contributed by atoms with Gasteiger partial charge in [0, 0.05) is 18.1 Å². The summed E-state index contributed by atoms with van der Waals surface area (Å²) in [6.45, 7) is 0.611. The van der Waals surface area contributed by atoms with Crippen molar-refractivity contribution in [2.75, 3.05) is 20.3 Å². The molecule has 2 heterocycles. The molecule has 0 radical (unpaired) electrons. The predicted octanol–water partition coefficient (Wildman–Crippen LogP) is 3.89. The van der Waals surface area contributed by atoms with Crippen molar-refractivity contribution in [1.82, 2.24) is 4.90 Å². The van der Waals surface area contributed by atoms with Gasteiger partial charge < -0.3 is 14.1 Å². The monoisotopic (exact) mass is 431 g/mol. The van der Waals surface area contributed by atoms with Crippen molar-refractivity contribution < 1.29 is 18.3 Å². The zero-order valence-electron chi connectivity index (χ0n) is 14.4. The minimum atomic E-state index is -0.611. The molecule has 0 bridgehead atoms. The Morgan fingerprint density at radius 2 is 1.93 bits per heavy atom. The number of benzene rings is 2. The van der Waals surface area contributed by atoms with Gasteiger partial charge in [-0.1, -0.05) is 28.1 Å². The third kappa shape index (κ3) is 2.96. The van der Waals surface area contributed by atoms with Crippen LogP contribution in [-0.2, 0) is 4.74 Å². The minimum Gasteiger partial charge on any atom is -0.450 e. The Kier molecular flexibility index (Phi) is 4.57. The van der Waals surface area contributed by atoms with E-state index in [1.54, 1.807) is 12.0 Å². The van der Waals surface area contributed by atoms with E-state index in [-0.39, 0.29) is 28.2 Å². The highest BCUT2D eigenvalue weighted by atomic mass is 79.9. The first-order chi connectivity index (χ1) is 13.0. The number of nitrogens with zero attached hydrogens (tertiary/aromatic N) is 1. The Balaban J connectivity index is 1.97. The van der Waals surface area contributed by atoms with Crippen molar-refractivity contribution in [3.05, 3.63) is 79.9 Å². The fourth-order valence-electron chi connectivity index (χ4n) is 3.40. The molecule has 0 saturated carbocycles. The molecular weight excluding hydrogens is 417 g/mol. The fourth-order valence-corrected chi connectivity index (χ4v) is 3.67. The van der Waals surface area contributed by atoms with Crippen LogP contribution in [0, 0.1) is 5.82 Å². The summed E-state index contributed by atoms with van der Waals surface area (Å²) in [6.07, 6.45) is 0. The molecule has 27 heavy (non-hydrogen) atoms. The first-order valence-corrected chi connectivity index (χ1v) is 9.12. The Bertz CT molecular complexity index is 1090. The van der Waals surface area contributed by atoms with Crippen molar-refractivity contribution >= 4 is 32.8 Å². The third-order valence-electron chi connectivity index (χ3n) is 4.65. The zero-order valence-corrected chi connectivity index (χ0v) is 16.0. The van der Waals surface area contributed by atoms with E-state index in [1.807, 2.05) is 24.3 Å². The maximum Gasteiger partial charge on any atom is 0.290 e. The van der Waals surface area contributed by atoms with Gasteiger partial charge in [-0.05, 0) is 35.9 Å². The molecule has 3 aromatic rings. The van der Waals surface area contributed by atoms with Crippen molar-refractivity contribution in [1.29, 1.82) is 0 Å². The van der Waals surface area contributed by atoms with Gasteiger partial charge in [-0.2, -0.15) is 0 Å². The number of rotatable bonds is 4. The van der Waals surface area contributed by atoms with Crippen LogP contribution in [0.25, 0.3) is 11.0 Å². The van der Waals surface area contributed by atoms with E-state index in [0.717, 1.165) is 16.1 Å². The number of fused-ring (bicyclic) bond motifs is 2. The number of carbonyl (C=O) groups is 1. The van der Waals surface area contributed by atoms with E-state index >= 15 is 0 Å². The van der Waals surface area contributed by atoms with Crippen LogP contribution in [0.2, 0.25) is 0 Å². The summed E-state index contributed by atoms with van der Waals surface area (Å²) in [6, 6.07) is 10.5. The van der Waals surface area contributed by atoms with Crippen LogP contribution in [0.4, 0.5) is 4.39 Å². The number of carbonyl (C=O) groups excluding carboxylic acids is 1. The molecule has 1 aliphatic rings. The summed E-state index contributed by atoms with van der Waals surface area (Å²) in [4.78, 5) is 27.7. The van der Waals surface area contributed by atoms with Crippen molar-refractivity contribution in [3.63, 3.8) is 0 Å². The van der Waals surface area contributed by atoms with E-state index in [9.17, 15) is 14.0 Å². The summed E-state index contributed by atoms with van der Waals surface area (Å²) in [7, 11) is 1.54. The van der Waals surface area contributed by atoms with Crippen LogP contribution < -0.4 is 5.43 Å². The second-order valence-electron chi connectivity index (χ2n) is 6.26. The number of hydrogen-bond acceptors (Lipinski definition) is 4. The number of methoxy groups -OCH3 is 1. The molecule has 0 saturated heterocycles. The van der Waals surface area contributed by atoms with Crippen molar-refractivity contribution in [3.8, 4) is 0 Å². The molecule has 138 valence electrons. The molecule has 1 aliphatic heterocycles. The van der Waals surface area contributed by atoms with E-state index in [2.05, 4.69) is 15.9 Å². The maximum absolute atomic E-state index is 13.7. The third-order valence-corrected chi connectivity index (χ3v) is 5.18. The fraction of sp³-hybridized carbons (Fsp3) is 0.200. The number of halogens is 2. The van der Waals surface area contributed by atoms with Gasteiger partial charge in [0.05, 0.1) is 23.6 Å². The van der Waals surface area contributed by atoms with Gasteiger partial charge in [0.25, 0.3) is 5.91 Å². The number of amides is 1. The zero-order chi connectivity index (χ0) is 19.1. The van der Waals surface area contributed by atoms with E-state index in [4.69, 9.17) is 9.15 Å². The summed E-state index contributed by atoms with van der Waals surface area (Å²) in [5.74, 6) is -0.906. The van der Waals surface area contributed by atoms with E-state index < -0.39 is 17.3 Å². The van der Waals surface area contributed by atoms with Gasteiger partial charge in [0.15, 0.2) is 5.43 Å². The Morgan fingerprint density at radius 3 is 2.63 bits per heavy atom. The summed E-state index contributed by atoms with van der Waals surface area (Å²) in [5, 5.41) is 0.122. The normalized spacial score (nSPS) is 16.2. The molecule has 7 heteroatoms. The predicted molar refractivity (Wildman–Crippen MR) is 101 cm³/mol. The summed E-state index contributed by atoms with van der Waals surface area (Å²) >= 11 is 3.39. The average Bonchev–Trinajstić information content (AvgIpc) is 2.94. The first-order valence-electron chi connectivity index (χ1n) is 8.33. The maximum atomic E-state index is 13.7. The lowest BCUT2D eigenvalue weighted by Gasteiger charge is -2.24. The topological polar surface area (TPSA) is 59.8 Å². The van der Waals surface area contributed by atoms with Crippen LogP contribution in [0.3, 0.4) is 0 Å². The standard InChI is InChI=1S/C20H15BrFNO4/c1-26-9-8-23-17(11-2-4-12(21)5-3-11)16-18(24)14-10-13(22)6-7-15(14)27-19(16)20(23)25/h2-7,10,17H,8-9H2,1H3. The molecule has 5 nitrogen and oxygen atoms in total. The summed E-state index contributed by atoms with van der Waals surface area (Å²) < 4.78 is 25.4. The van der Waals surface area contributed by atoms with Crippen LogP contribution in [0.5, 0.6) is 0 Å². The molecule has 0 fully saturated rings. The lowest BCUT2D eigenvalue weighted by Crippen LogP contribution is -2.32. The lowest BCUT2D eigenvalue weighted by molar-refractivity contribution is 0.0663.